The lowest BCUT2D eigenvalue weighted by atomic mass is 10.1. The lowest BCUT2D eigenvalue weighted by Gasteiger charge is -2.22. The van der Waals surface area contributed by atoms with Crippen molar-refractivity contribution in [2.75, 3.05) is 13.1 Å². The molecule has 1 aromatic rings. The van der Waals surface area contributed by atoms with Crippen LogP contribution in [-0.4, -0.2) is 41.1 Å². The molecular formula is C15H24N2O2S. The SMILES string of the molecule is CC(C)C(=O)N[C@H]1CCN(Cc2cccs2)CC[C@@H]1O. The van der Waals surface area contributed by atoms with E-state index < -0.39 is 6.10 Å². The van der Waals surface area contributed by atoms with Gasteiger partial charge in [0, 0.05) is 30.4 Å². The number of aliphatic hydroxyl groups is 1. The number of carbonyl (C=O) groups excluding carboxylic acids is 1. The zero-order chi connectivity index (χ0) is 14.5. The van der Waals surface area contributed by atoms with Crippen LogP contribution in [-0.2, 0) is 11.3 Å². The van der Waals surface area contributed by atoms with Gasteiger partial charge in [0.05, 0.1) is 12.1 Å². The lowest BCUT2D eigenvalue weighted by molar-refractivity contribution is -0.125. The number of amides is 1. The van der Waals surface area contributed by atoms with E-state index in [1.165, 1.54) is 4.88 Å². The van der Waals surface area contributed by atoms with E-state index in [2.05, 4.69) is 27.7 Å². The van der Waals surface area contributed by atoms with Gasteiger partial charge in [-0.3, -0.25) is 9.69 Å². The second-order valence-corrected chi connectivity index (χ2v) is 6.80. The highest BCUT2D eigenvalue weighted by molar-refractivity contribution is 7.09. The van der Waals surface area contributed by atoms with Gasteiger partial charge in [-0.15, -0.1) is 11.3 Å². The van der Waals surface area contributed by atoms with Crippen LogP contribution in [0.25, 0.3) is 0 Å². The van der Waals surface area contributed by atoms with Crippen LogP contribution in [0, 0.1) is 5.92 Å². The highest BCUT2D eigenvalue weighted by Crippen LogP contribution is 2.17. The quantitative estimate of drug-likeness (QED) is 0.891. The largest absolute Gasteiger partial charge is 0.391 e. The number of thiophene rings is 1. The molecule has 0 spiro atoms. The molecule has 112 valence electrons. The molecule has 2 heterocycles. The lowest BCUT2D eigenvalue weighted by Crippen LogP contribution is -2.44. The van der Waals surface area contributed by atoms with Crippen LogP contribution in [0.2, 0.25) is 0 Å². The Morgan fingerprint density at radius 2 is 2.25 bits per heavy atom. The fourth-order valence-corrected chi connectivity index (χ4v) is 3.19. The third-order valence-corrected chi connectivity index (χ3v) is 4.63. The van der Waals surface area contributed by atoms with E-state index in [0.717, 1.165) is 26.1 Å². The van der Waals surface area contributed by atoms with Crippen LogP contribution in [0.3, 0.4) is 0 Å². The van der Waals surface area contributed by atoms with Crippen molar-refractivity contribution in [2.24, 2.45) is 5.92 Å². The minimum atomic E-state index is -0.439. The Labute approximate surface area is 124 Å². The molecule has 0 aromatic carbocycles. The Balaban J connectivity index is 1.88. The molecule has 1 aliphatic heterocycles. The summed E-state index contributed by atoms with van der Waals surface area (Å²) in [6.07, 6.45) is 1.09. The van der Waals surface area contributed by atoms with Gasteiger partial charge >= 0.3 is 0 Å². The second-order valence-electron chi connectivity index (χ2n) is 5.77. The predicted octanol–water partition coefficient (Wildman–Crippen LogP) is 1.85. The predicted molar refractivity (Wildman–Crippen MR) is 81.6 cm³/mol. The fraction of sp³-hybridized carbons (Fsp3) is 0.667. The molecule has 20 heavy (non-hydrogen) atoms. The molecule has 4 nitrogen and oxygen atoms in total. The Bertz CT molecular complexity index is 420. The van der Waals surface area contributed by atoms with E-state index in [1.54, 1.807) is 11.3 Å². The van der Waals surface area contributed by atoms with E-state index in [-0.39, 0.29) is 17.9 Å². The minimum absolute atomic E-state index is 0.0285. The first kappa shape index (κ1) is 15.5. The van der Waals surface area contributed by atoms with Gasteiger partial charge in [0.2, 0.25) is 5.91 Å². The van der Waals surface area contributed by atoms with Gasteiger partial charge in [0.25, 0.3) is 0 Å². The molecule has 1 aromatic heterocycles. The van der Waals surface area contributed by atoms with E-state index in [4.69, 9.17) is 0 Å². The zero-order valence-electron chi connectivity index (χ0n) is 12.2. The van der Waals surface area contributed by atoms with Crippen LogP contribution in [0.1, 0.15) is 31.6 Å². The molecule has 1 saturated heterocycles. The van der Waals surface area contributed by atoms with Gasteiger partial charge in [-0.05, 0) is 24.3 Å². The summed E-state index contributed by atoms with van der Waals surface area (Å²) in [5, 5.41) is 15.3. The molecule has 0 radical (unpaired) electrons. The Hall–Kier alpha value is -0.910. The van der Waals surface area contributed by atoms with Gasteiger partial charge in [0.1, 0.15) is 0 Å². The van der Waals surface area contributed by atoms with Crippen molar-refractivity contribution in [3.63, 3.8) is 0 Å². The van der Waals surface area contributed by atoms with Crippen molar-refractivity contribution in [1.29, 1.82) is 0 Å². The molecule has 0 aliphatic carbocycles. The first-order valence-corrected chi connectivity index (χ1v) is 8.17. The fourth-order valence-electron chi connectivity index (χ4n) is 2.44. The normalized spacial score (nSPS) is 24.6. The van der Waals surface area contributed by atoms with E-state index in [0.29, 0.717) is 6.42 Å². The summed E-state index contributed by atoms with van der Waals surface area (Å²) in [5.41, 5.74) is 0. The van der Waals surface area contributed by atoms with Crippen LogP contribution < -0.4 is 5.32 Å². The Morgan fingerprint density at radius 1 is 1.50 bits per heavy atom. The summed E-state index contributed by atoms with van der Waals surface area (Å²) in [6, 6.07) is 4.10. The molecule has 1 fully saturated rings. The third kappa shape index (κ3) is 4.30. The van der Waals surface area contributed by atoms with Crippen molar-refractivity contribution in [3.8, 4) is 0 Å². The van der Waals surface area contributed by atoms with Crippen molar-refractivity contribution in [1.82, 2.24) is 10.2 Å². The molecule has 5 heteroatoms. The topological polar surface area (TPSA) is 52.6 Å². The van der Waals surface area contributed by atoms with Crippen molar-refractivity contribution in [2.45, 2.75) is 45.4 Å². The number of rotatable bonds is 4. The molecule has 1 aliphatic rings. The summed E-state index contributed by atoms with van der Waals surface area (Å²) >= 11 is 1.77. The second kappa shape index (κ2) is 7.20. The summed E-state index contributed by atoms with van der Waals surface area (Å²) in [6.45, 7) is 6.49. The maximum absolute atomic E-state index is 11.8. The molecule has 0 unspecified atom stereocenters. The maximum atomic E-state index is 11.8. The maximum Gasteiger partial charge on any atom is 0.222 e. The van der Waals surface area contributed by atoms with Gasteiger partial charge in [-0.2, -0.15) is 0 Å². The first-order valence-electron chi connectivity index (χ1n) is 7.29. The Morgan fingerprint density at radius 3 is 2.90 bits per heavy atom. The molecular weight excluding hydrogens is 272 g/mol. The van der Waals surface area contributed by atoms with Crippen molar-refractivity contribution < 1.29 is 9.90 Å². The van der Waals surface area contributed by atoms with Crippen molar-refractivity contribution in [3.05, 3.63) is 22.4 Å². The van der Waals surface area contributed by atoms with E-state index in [9.17, 15) is 9.90 Å². The van der Waals surface area contributed by atoms with E-state index in [1.807, 2.05) is 13.8 Å². The summed E-state index contributed by atoms with van der Waals surface area (Å²) in [7, 11) is 0. The van der Waals surface area contributed by atoms with Gasteiger partial charge in [-0.1, -0.05) is 19.9 Å². The highest BCUT2D eigenvalue weighted by Gasteiger charge is 2.26. The number of likely N-dealkylation sites (tertiary alicyclic amines) is 1. The van der Waals surface area contributed by atoms with Crippen LogP contribution in [0.5, 0.6) is 0 Å². The van der Waals surface area contributed by atoms with Crippen LogP contribution >= 0.6 is 11.3 Å². The number of nitrogens with one attached hydrogen (secondary N) is 1. The number of aliphatic hydroxyl groups excluding tert-OH is 1. The molecule has 2 N–H and O–H groups in total. The van der Waals surface area contributed by atoms with E-state index >= 15 is 0 Å². The first-order chi connectivity index (χ1) is 9.56. The minimum Gasteiger partial charge on any atom is -0.391 e. The molecule has 2 atom stereocenters. The average molecular weight is 296 g/mol. The third-order valence-electron chi connectivity index (χ3n) is 3.77. The summed E-state index contributed by atoms with van der Waals surface area (Å²) in [5.74, 6) is -0.00608. The number of carbonyl (C=O) groups is 1. The number of hydrogen-bond acceptors (Lipinski definition) is 4. The van der Waals surface area contributed by atoms with Crippen molar-refractivity contribution >= 4 is 17.2 Å². The molecule has 0 bridgehead atoms. The van der Waals surface area contributed by atoms with Crippen LogP contribution in [0.4, 0.5) is 0 Å². The molecule has 2 rings (SSSR count). The van der Waals surface area contributed by atoms with Gasteiger partial charge in [-0.25, -0.2) is 0 Å². The van der Waals surface area contributed by atoms with Gasteiger partial charge < -0.3 is 10.4 Å². The average Bonchev–Trinajstić information content (AvgIpc) is 2.86. The Kier molecular flexibility index (Phi) is 5.57. The van der Waals surface area contributed by atoms with Crippen LogP contribution in [0.15, 0.2) is 17.5 Å². The van der Waals surface area contributed by atoms with Gasteiger partial charge in [0.15, 0.2) is 0 Å². The monoisotopic (exact) mass is 296 g/mol. The standard InChI is InChI=1S/C15H24N2O2S/c1-11(2)15(19)16-13-5-7-17(8-6-14(13)18)10-12-4-3-9-20-12/h3-4,9,11,13-14,18H,5-8,10H2,1-2H3,(H,16,19)/t13-,14-/m0/s1. The number of nitrogens with zero attached hydrogens (tertiary/aromatic N) is 1. The molecule has 1 amide bonds. The summed E-state index contributed by atoms with van der Waals surface area (Å²) < 4.78 is 0. The number of hydrogen-bond donors (Lipinski definition) is 2. The summed E-state index contributed by atoms with van der Waals surface area (Å²) in [4.78, 5) is 15.5. The highest BCUT2D eigenvalue weighted by atomic mass is 32.1. The zero-order valence-corrected chi connectivity index (χ0v) is 13.0. The smallest absolute Gasteiger partial charge is 0.222 e. The molecule has 0 saturated carbocycles.